The zero-order valence-electron chi connectivity index (χ0n) is 23.2. The van der Waals surface area contributed by atoms with Gasteiger partial charge in [-0.25, -0.2) is 22.8 Å². The Balaban J connectivity index is 1.48. The fourth-order valence-corrected chi connectivity index (χ4v) is 6.79. The average molecular weight is 638 g/mol. The number of nitrogens with zero attached hydrogens (tertiary/aromatic N) is 4. The molecule has 1 N–H and O–H groups in total. The molecular formula is C28H27F4N5O6S. The number of likely N-dealkylation sites (N-methyl/N-ethyl adjacent to an activating group) is 1. The van der Waals surface area contributed by atoms with Crippen LogP contribution in [0.1, 0.15) is 36.3 Å². The molecule has 44 heavy (non-hydrogen) atoms. The molecule has 0 unspecified atom stereocenters. The van der Waals surface area contributed by atoms with Crippen LogP contribution in [0.25, 0.3) is 0 Å². The van der Waals surface area contributed by atoms with E-state index in [1.807, 2.05) is 0 Å². The van der Waals surface area contributed by atoms with Crippen LogP contribution in [0.2, 0.25) is 0 Å². The van der Waals surface area contributed by atoms with Crippen LogP contribution in [0.4, 0.5) is 29.1 Å². The Morgan fingerprint density at radius 1 is 1.20 bits per heavy atom. The minimum atomic E-state index is -4.52. The van der Waals surface area contributed by atoms with E-state index in [1.54, 1.807) is 18.0 Å². The van der Waals surface area contributed by atoms with E-state index in [0.29, 0.717) is 18.4 Å². The number of carbonyl (C=O) groups is 2. The summed E-state index contributed by atoms with van der Waals surface area (Å²) < 4.78 is 94.3. The van der Waals surface area contributed by atoms with Crippen molar-refractivity contribution < 1.29 is 45.0 Å². The summed E-state index contributed by atoms with van der Waals surface area (Å²) in [7, 11) is -2.82. The molecule has 0 bridgehead atoms. The summed E-state index contributed by atoms with van der Waals surface area (Å²) in [5.74, 6) is -2.15. The number of amides is 1. The molecule has 3 aromatic rings. The monoisotopic (exact) mass is 637 g/mol. The van der Waals surface area contributed by atoms with Crippen molar-refractivity contribution in [1.29, 1.82) is 0 Å². The van der Waals surface area contributed by atoms with E-state index in [2.05, 4.69) is 14.7 Å². The van der Waals surface area contributed by atoms with Gasteiger partial charge >= 0.3 is 6.18 Å². The third-order valence-corrected chi connectivity index (χ3v) is 9.08. The maximum Gasteiger partial charge on any atom is 0.416 e. The van der Waals surface area contributed by atoms with E-state index < -0.39 is 57.1 Å². The van der Waals surface area contributed by atoms with E-state index >= 15 is 4.39 Å². The van der Waals surface area contributed by atoms with Crippen molar-refractivity contribution in [3.05, 3.63) is 71.9 Å². The van der Waals surface area contributed by atoms with Gasteiger partial charge in [-0.3, -0.25) is 19.2 Å². The second-order valence-corrected chi connectivity index (χ2v) is 12.1. The van der Waals surface area contributed by atoms with Crippen LogP contribution in [-0.2, 0) is 30.5 Å². The summed E-state index contributed by atoms with van der Waals surface area (Å²) in [4.78, 5) is 34.0. The number of fused-ring (bicyclic) bond motifs is 1. The van der Waals surface area contributed by atoms with Crippen LogP contribution in [0, 0.1) is 5.82 Å². The number of hydrogen-bond donors (Lipinski definition) is 1. The number of alkyl halides is 3. The second-order valence-electron chi connectivity index (χ2n) is 10.4. The number of nitrogens with one attached hydrogen (secondary N) is 1. The lowest BCUT2D eigenvalue weighted by Gasteiger charge is -2.47. The van der Waals surface area contributed by atoms with Crippen LogP contribution in [0.3, 0.4) is 0 Å². The van der Waals surface area contributed by atoms with E-state index in [0.717, 1.165) is 30.6 Å². The van der Waals surface area contributed by atoms with Gasteiger partial charge in [0.25, 0.3) is 22.4 Å². The number of benzene rings is 2. The smallest absolute Gasteiger partial charge is 0.416 e. The Morgan fingerprint density at radius 3 is 2.70 bits per heavy atom. The SMILES string of the molecule is CN(COC=O)[C@H]1C[C@@H](c2cccc(C(F)(F)F)c2)CC[C@@H]1N1C(=O)COc2cc(S(=O)(=O)Nc3ccncn3)c(F)cc21. The Hall–Kier alpha value is -4.31. The Morgan fingerprint density at radius 2 is 2.00 bits per heavy atom. The minimum absolute atomic E-state index is 0.00281. The molecular weight excluding hydrogens is 610 g/mol. The Kier molecular flexibility index (Phi) is 8.74. The Bertz CT molecular complexity index is 1640. The average Bonchev–Trinajstić information content (AvgIpc) is 2.99. The molecule has 1 saturated carbocycles. The highest BCUT2D eigenvalue weighted by atomic mass is 32.2. The largest absolute Gasteiger partial charge is 0.482 e. The minimum Gasteiger partial charge on any atom is -0.482 e. The number of rotatable bonds is 9. The zero-order chi connectivity index (χ0) is 31.6. The molecule has 234 valence electrons. The van der Waals surface area contributed by atoms with Gasteiger partial charge in [0.15, 0.2) is 6.61 Å². The predicted molar refractivity (Wildman–Crippen MR) is 148 cm³/mol. The van der Waals surface area contributed by atoms with Crippen molar-refractivity contribution in [2.45, 2.75) is 48.3 Å². The van der Waals surface area contributed by atoms with Crippen molar-refractivity contribution in [2.24, 2.45) is 0 Å². The number of sulfonamides is 1. The fraction of sp³-hybridized carbons (Fsp3) is 0.357. The van der Waals surface area contributed by atoms with Crippen molar-refractivity contribution >= 4 is 33.9 Å². The molecule has 1 aliphatic carbocycles. The molecule has 1 fully saturated rings. The quantitative estimate of drug-likeness (QED) is 0.211. The van der Waals surface area contributed by atoms with Gasteiger partial charge in [-0.1, -0.05) is 18.2 Å². The van der Waals surface area contributed by atoms with E-state index in [9.17, 15) is 31.2 Å². The molecule has 2 aliphatic rings. The van der Waals surface area contributed by atoms with Crippen molar-refractivity contribution in [3.63, 3.8) is 0 Å². The number of halogens is 4. The van der Waals surface area contributed by atoms with Gasteiger partial charge in [-0.15, -0.1) is 0 Å². The lowest BCUT2D eigenvalue weighted by Crippen LogP contribution is -2.57. The van der Waals surface area contributed by atoms with Gasteiger partial charge in [0, 0.05) is 24.4 Å². The van der Waals surface area contributed by atoms with Gasteiger partial charge in [0.2, 0.25) is 0 Å². The summed E-state index contributed by atoms with van der Waals surface area (Å²) >= 11 is 0. The van der Waals surface area contributed by atoms with Crippen LogP contribution >= 0.6 is 0 Å². The highest BCUT2D eigenvalue weighted by Gasteiger charge is 2.43. The summed E-state index contributed by atoms with van der Waals surface area (Å²) in [6, 6.07) is 7.02. The lowest BCUT2D eigenvalue weighted by atomic mass is 9.77. The number of anilines is 2. The molecule has 11 nitrogen and oxygen atoms in total. The van der Waals surface area contributed by atoms with Gasteiger partial charge in [0.1, 0.15) is 35.3 Å². The highest BCUT2D eigenvalue weighted by Crippen LogP contribution is 2.44. The Labute approximate surface area is 249 Å². The summed E-state index contributed by atoms with van der Waals surface area (Å²) in [6.07, 6.45) is -1.14. The number of hydrogen-bond acceptors (Lipinski definition) is 9. The molecule has 0 saturated heterocycles. The zero-order valence-corrected chi connectivity index (χ0v) is 24.0. The first-order chi connectivity index (χ1) is 20.9. The fourth-order valence-electron chi connectivity index (χ4n) is 5.71. The third kappa shape index (κ3) is 6.45. The first-order valence-corrected chi connectivity index (χ1v) is 14.9. The van der Waals surface area contributed by atoms with Crippen LogP contribution in [-0.4, -0.2) is 68.1 Å². The molecule has 0 spiro atoms. The molecule has 0 radical (unpaired) electrons. The standard InChI is InChI=1S/C28H27F4N5O6S/c1-36(15-42-16-38)22-10-18(17-3-2-4-19(9-17)28(30,31)32)5-6-21(22)37-23-11-20(29)25(12-24(23)43-13-27(37)39)44(40,41)35-26-7-8-33-14-34-26/h2-4,7-9,11-12,14,16,18,21-22H,5-6,10,13,15H2,1H3,(H,33,34,35)/t18-,21-,22-/m0/s1. The van der Waals surface area contributed by atoms with Crippen LogP contribution in [0.5, 0.6) is 5.75 Å². The van der Waals surface area contributed by atoms with Crippen LogP contribution in [0.15, 0.2) is 59.9 Å². The number of aromatic nitrogens is 2. The maximum absolute atomic E-state index is 15.5. The summed E-state index contributed by atoms with van der Waals surface area (Å²) in [5.41, 5.74) is -0.310. The molecule has 1 amide bonds. The molecule has 1 aromatic heterocycles. The normalized spacial score (nSPS) is 20.5. The van der Waals surface area contributed by atoms with E-state index in [-0.39, 0.29) is 42.8 Å². The van der Waals surface area contributed by atoms with Crippen molar-refractivity contribution in [2.75, 3.05) is 30.0 Å². The van der Waals surface area contributed by atoms with Gasteiger partial charge in [-0.05, 0) is 49.9 Å². The first-order valence-electron chi connectivity index (χ1n) is 13.4. The number of ether oxygens (including phenoxy) is 2. The van der Waals surface area contributed by atoms with Crippen molar-refractivity contribution in [3.8, 4) is 5.75 Å². The van der Waals surface area contributed by atoms with E-state index in [4.69, 9.17) is 9.47 Å². The second kappa shape index (κ2) is 12.4. The predicted octanol–water partition coefficient (Wildman–Crippen LogP) is 3.93. The third-order valence-electron chi connectivity index (χ3n) is 7.71. The molecule has 2 heterocycles. The van der Waals surface area contributed by atoms with E-state index in [1.165, 1.54) is 23.2 Å². The number of carbonyl (C=O) groups excluding carboxylic acids is 2. The van der Waals surface area contributed by atoms with Gasteiger partial charge in [0.05, 0.1) is 17.3 Å². The highest BCUT2D eigenvalue weighted by molar-refractivity contribution is 7.92. The van der Waals surface area contributed by atoms with Gasteiger partial charge in [-0.2, -0.15) is 13.2 Å². The molecule has 2 aromatic carbocycles. The molecule has 1 aliphatic heterocycles. The van der Waals surface area contributed by atoms with Gasteiger partial charge < -0.3 is 14.4 Å². The first kappa shape index (κ1) is 31.1. The summed E-state index contributed by atoms with van der Waals surface area (Å²) in [5, 5.41) is 0. The lowest BCUT2D eigenvalue weighted by molar-refractivity contribution is -0.137. The molecule has 3 atom stereocenters. The maximum atomic E-state index is 15.5. The van der Waals surface area contributed by atoms with Crippen molar-refractivity contribution in [1.82, 2.24) is 14.9 Å². The summed E-state index contributed by atoms with van der Waals surface area (Å²) in [6.45, 7) is -0.390. The molecule has 16 heteroatoms. The topological polar surface area (TPSA) is 131 Å². The molecule has 5 rings (SSSR count). The van der Waals surface area contributed by atoms with Crippen LogP contribution < -0.4 is 14.4 Å².